The van der Waals surface area contributed by atoms with Crippen molar-refractivity contribution in [2.45, 2.75) is 24.5 Å². The molecule has 184 valence electrons. The molecular weight excluding hydrogens is 464 g/mol. The number of carbonyl (C=O) groups is 2. The molecule has 37 heavy (non-hydrogen) atoms. The number of nitrogens with zero attached hydrogens (tertiary/aromatic N) is 2. The third kappa shape index (κ3) is 5.03. The van der Waals surface area contributed by atoms with Crippen LogP contribution >= 0.6 is 0 Å². The summed E-state index contributed by atoms with van der Waals surface area (Å²) in [6.07, 6.45) is 6.17. The molecule has 2 atom stereocenters. The second kappa shape index (κ2) is 10.6. The van der Waals surface area contributed by atoms with Gasteiger partial charge in [0.05, 0.1) is 22.8 Å². The molecule has 0 bridgehead atoms. The number of ether oxygens (including phenoxy) is 1. The molecule has 1 aliphatic heterocycles. The molecule has 0 fully saturated rings. The Labute approximate surface area is 214 Å². The number of esters is 1. The lowest BCUT2D eigenvalue weighted by atomic mass is 9.78. The molecule has 2 unspecified atom stereocenters. The number of rotatable bonds is 6. The van der Waals surface area contributed by atoms with Crippen LogP contribution in [0.1, 0.15) is 17.5 Å². The van der Waals surface area contributed by atoms with Crippen molar-refractivity contribution in [2.75, 3.05) is 0 Å². The minimum Gasteiger partial charge on any atom is -0.460 e. The van der Waals surface area contributed by atoms with Crippen LogP contribution in [-0.4, -0.2) is 34.5 Å². The predicted octanol–water partition coefficient (Wildman–Crippen LogP) is 5.02. The molecule has 3 aromatic carbocycles. The summed E-state index contributed by atoms with van der Waals surface area (Å²) < 4.78 is 5.25. The molecule has 5 aromatic rings. The van der Waals surface area contributed by atoms with Crippen molar-refractivity contribution in [1.29, 1.82) is 0 Å². The zero-order chi connectivity index (χ0) is 25.7. The van der Waals surface area contributed by atoms with Crippen LogP contribution in [0.3, 0.4) is 0 Å². The van der Waals surface area contributed by atoms with Gasteiger partial charge in [0.15, 0.2) is 0 Å². The van der Waals surface area contributed by atoms with Crippen LogP contribution in [-0.2, 0) is 26.3 Å². The number of carbonyl (C=O) groups excluding carboxylic acids is 2. The van der Waals surface area contributed by atoms with Gasteiger partial charge in [-0.05, 0) is 35.7 Å². The lowest BCUT2D eigenvalue weighted by Crippen LogP contribution is -2.41. The summed E-state index contributed by atoms with van der Waals surface area (Å²) in [5.74, 6) is -0.530. The van der Waals surface area contributed by atoms with E-state index in [1.54, 1.807) is 6.21 Å². The number of aromatic nitrogens is 2. The van der Waals surface area contributed by atoms with Crippen molar-refractivity contribution in [1.82, 2.24) is 9.97 Å². The van der Waals surface area contributed by atoms with E-state index < -0.39 is 17.4 Å². The maximum Gasteiger partial charge on any atom is 0.323 e. The van der Waals surface area contributed by atoms with E-state index in [-0.39, 0.29) is 13.0 Å². The second-order valence-corrected chi connectivity index (χ2v) is 8.93. The molecule has 0 aliphatic carbocycles. The fraction of sp³-hybridized carbons (Fsp3) is 0.133. The summed E-state index contributed by atoms with van der Waals surface area (Å²) in [6, 6.07) is 26.1. The van der Waals surface area contributed by atoms with Crippen LogP contribution in [0.5, 0.6) is 0 Å². The van der Waals surface area contributed by atoms with Gasteiger partial charge in [0, 0.05) is 28.7 Å². The van der Waals surface area contributed by atoms with Crippen LogP contribution in [0.15, 0.2) is 102 Å². The van der Waals surface area contributed by atoms with E-state index in [1.165, 1.54) is 16.3 Å². The van der Waals surface area contributed by atoms with Gasteiger partial charge in [-0.25, -0.2) is 0 Å². The Hall–Kier alpha value is -4.62. The number of hydrogen-bond acceptors (Lipinski definition) is 6. The summed E-state index contributed by atoms with van der Waals surface area (Å²) >= 11 is 0. The first-order valence-electron chi connectivity index (χ1n) is 12.0. The van der Waals surface area contributed by atoms with Gasteiger partial charge < -0.3 is 20.2 Å². The smallest absolute Gasteiger partial charge is 0.323 e. The highest BCUT2D eigenvalue weighted by atomic mass is 16.5. The fourth-order valence-electron chi connectivity index (χ4n) is 4.52. The molecule has 3 N–H and O–H groups in total. The summed E-state index contributed by atoms with van der Waals surface area (Å²) in [7, 11) is 0. The van der Waals surface area contributed by atoms with E-state index in [9.17, 15) is 9.59 Å². The first-order chi connectivity index (χ1) is 18.1. The normalized spacial score (nSPS) is 16.6. The van der Waals surface area contributed by atoms with Crippen LogP contribution in [0.4, 0.5) is 5.69 Å². The van der Waals surface area contributed by atoms with Gasteiger partial charge in [0.25, 0.3) is 0 Å². The Balaban J connectivity index is 0.000000179. The van der Waals surface area contributed by atoms with E-state index in [0.717, 1.165) is 28.6 Å². The van der Waals surface area contributed by atoms with Gasteiger partial charge in [0.1, 0.15) is 18.9 Å². The van der Waals surface area contributed by atoms with Gasteiger partial charge in [-0.2, -0.15) is 0 Å². The standard InChI is InChI=1S/C19H18N2O3.C11H8N2/c20-16(18(23)24-11-14-6-2-1-3-7-14)10-19(13-22)12-21-17-9-5-4-8-15(17)19;1-2-4-10-8(3-1)9-5-6-12-7-11(9)13-10/h1-9,12-13,16H,10-11,20H2;1-7,13H. The Kier molecular flexibility index (Phi) is 6.87. The summed E-state index contributed by atoms with van der Waals surface area (Å²) in [5, 5.41) is 2.51. The molecule has 0 saturated carbocycles. The summed E-state index contributed by atoms with van der Waals surface area (Å²) in [4.78, 5) is 35.6. The Bertz CT molecular complexity index is 1530. The van der Waals surface area contributed by atoms with Crippen molar-refractivity contribution in [3.05, 3.63) is 108 Å². The molecule has 0 amide bonds. The fourth-order valence-corrected chi connectivity index (χ4v) is 4.52. The average molecular weight is 491 g/mol. The van der Waals surface area contributed by atoms with Crippen molar-refractivity contribution in [2.24, 2.45) is 10.7 Å². The zero-order valence-corrected chi connectivity index (χ0v) is 20.1. The van der Waals surface area contributed by atoms with Crippen molar-refractivity contribution >= 4 is 46.0 Å². The second-order valence-electron chi connectivity index (χ2n) is 8.93. The quantitative estimate of drug-likeness (QED) is 0.257. The average Bonchev–Trinajstić information content (AvgIpc) is 3.51. The van der Waals surface area contributed by atoms with E-state index in [1.807, 2.05) is 79.1 Å². The van der Waals surface area contributed by atoms with E-state index >= 15 is 0 Å². The Morgan fingerprint density at radius 1 is 0.946 bits per heavy atom. The van der Waals surface area contributed by atoms with Crippen molar-refractivity contribution < 1.29 is 14.3 Å². The van der Waals surface area contributed by atoms with Crippen molar-refractivity contribution in [3.8, 4) is 0 Å². The third-order valence-corrected chi connectivity index (χ3v) is 6.44. The van der Waals surface area contributed by atoms with Crippen molar-refractivity contribution in [3.63, 3.8) is 0 Å². The number of nitrogens with two attached hydrogens (primary N) is 1. The Morgan fingerprint density at radius 2 is 1.68 bits per heavy atom. The largest absolute Gasteiger partial charge is 0.460 e. The van der Waals surface area contributed by atoms with Gasteiger partial charge >= 0.3 is 5.97 Å². The van der Waals surface area contributed by atoms with E-state index in [2.05, 4.69) is 33.2 Å². The molecule has 0 spiro atoms. The van der Waals surface area contributed by atoms with Crippen LogP contribution < -0.4 is 5.73 Å². The zero-order valence-electron chi connectivity index (χ0n) is 20.1. The molecule has 0 radical (unpaired) electrons. The lowest BCUT2D eigenvalue weighted by Gasteiger charge is -2.23. The van der Waals surface area contributed by atoms with Gasteiger partial charge in [-0.3, -0.25) is 14.8 Å². The number of aromatic amines is 1. The minimum atomic E-state index is -0.970. The van der Waals surface area contributed by atoms with Crippen LogP contribution in [0, 0.1) is 0 Å². The molecule has 6 rings (SSSR count). The highest BCUT2D eigenvalue weighted by molar-refractivity contribution is 6.06. The number of fused-ring (bicyclic) bond motifs is 4. The minimum absolute atomic E-state index is 0.130. The summed E-state index contributed by atoms with van der Waals surface area (Å²) in [6.45, 7) is 0.159. The predicted molar refractivity (Wildman–Crippen MR) is 145 cm³/mol. The molecule has 1 aliphatic rings. The SMILES string of the molecule is NC(CC1(C=O)C=Nc2ccccc21)C(=O)OCc1ccccc1.c1ccc2c(c1)[nH]c1cnccc12. The lowest BCUT2D eigenvalue weighted by molar-refractivity contribution is -0.146. The van der Waals surface area contributed by atoms with E-state index in [4.69, 9.17) is 10.5 Å². The number of aldehydes is 1. The number of benzene rings is 3. The van der Waals surface area contributed by atoms with Crippen LogP contribution in [0.2, 0.25) is 0 Å². The molecule has 2 aromatic heterocycles. The maximum absolute atomic E-state index is 12.2. The molecule has 3 heterocycles. The first-order valence-corrected chi connectivity index (χ1v) is 12.0. The number of nitrogens with one attached hydrogen (secondary N) is 1. The Morgan fingerprint density at radius 3 is 2.51 bits per heavy atom. The topological polar surface area (TPSA) is 110 Å². The summed E-state index contributed by atoms with van der Waals surface area (Å²) in [5.41, 5.74) is 9.67. The monoisotopic (exact) mass is 490 g/mol. The first kappa shape index (κ1) is 24.1. The number of pyridine rings is 1. The van der Waals surface area contributed by atoms with Gasteiger partial charge in [0.2, 0.25) is 0 Å². The molecular formula is C30H26N4O3. The van der Waals surface area contributed by atoms with Gasteiger partial charge in [-0.15, -0.1) is 0 Å². The van der Waals surface area contributed by atoms with Crippen LogP contribution in [0.25, 0.3) is 21.8 Å². The third-order valence-electron chi connectivity index (χ3n) is 6.44. The number of hydrogen-bond donors (Lipinski definition) is 2. The van der Waals surface area contributed by atoms with Gasteiger partial charge in [-0.1, -0.05) is 66.7 Å². The highest BCUT2D eigenvalue weighted by Gasteiger charge is 2.39. The highest BCUT2D eigenvalue weighted by Crippen LogP contribution is 2.38. The molecule has 0 saturated heterocycles. The number of para-hydroxylation sites is 2. The number of H-pyrrole nitrogens is 1. The maximum atomic E-state index is 12.2. The molecule has 7 heteroatoms. The van der Waals surface area contributed by atoms with E-state index in [0.29, 0.717) is 0 Å². The number of aliphatic imine (C=N–C) groups is 1. The molecule has 7 nitrogen and oxygen atoms in total.